The molecule has 3 N–H and O–H groups in total. The van der Waals surface area contributed by atoms with Crippen LogP contribution in [0.3, 0.4) is 0 Å². The highest BCUT2D eigenvalue weighted by Gasteiger charge is 2.29. The van der Waals surface area contributed by atoms with Crippen molar-refractivity contribution in [2.75, 3.05) is 26.7 Å². The second kappa shape index (κ2) is 13.3. The number of ether oxygens (including phenoxy) is 1. The fourth-order valence-electron chi connectivity index (χ4n) is 3.86. The van der Waals surface area contributed by atoms with Gasteiger partial charge in [0.1, 0.15) is 24.4 Å². The predicted molar refractivity (Wildman–Crippen MR) is 136 cm³/mol. The first-order chi connectivity index (χ1) is 17.8. The molecule has 1 aromatic heterocycles. The zero-order valence-corrected chi connectivity index (χ0v) is 21.4. The molecule has 0 radical (unpaired) electrons. The van der Waals surface area contributed by atoms with Crippen molar-refractivity contribution >= 4 is 23.6 Å². The van der Waals surface area contributed by atoms with Crippen LogP contribution in [-0.2, 0) is 20.8 Å². The van der Waals surface area contributed by atoms with Crippen LogP contribution in [0, 0.1) is 5.92 Å². The number of nitrogens with zero attached hydrogens (tertiary/aromatic N) is 3. The van der Waals surface area contributed by atoms with Gasteiger partial charge in [0.2, 0.25) is 17.7 Å². The summed E-state index contributed by atoms with van der Waals surface area (Å²) in [5, 5.41) is 8.33. The highest BCUT2D eigenvalue weighted by atomic mass is 16.5. The molecular formula is C26H34N6O5. The number of para-hydroxylation sites is 1. The Kier molecular flexibility index (Phi) is 9.93. The Balaban J connectivity index is 1.79. The summed E-state index contributed by atoms with van der Waals surface area (Å²) in [6.07, 6.45) is 5.21. The molecule has 0 saturated heterocycles. The van der Waals surface area contributed by atoms with E-state index in [0.29, 0.717) is 17.9 Å². The fourth-order valence-corrected chi connectivity index (χ4v) is 3.86. The third-order valence-electron chi connectivity index (χ3n) is 6.02. The number of hydrogen-bond acceptors (Lipinski definition) is 7. The van der Waals surface area contributed by atoms with Crippen LogP contribution in [0.4, 0.5) is 0 Å². The van der Waals surface area contributed by atoms with Crippen LogP contribution < -0.4 is 20.7 Å². The quantitative estimate of drug-likeness (QED) is 0.538. The maximum atomic E-state index is 13.1. The Morgan fingerprint density at radius 1 is 1.19 bits per heavy atom. The number of amides is 4. The lowest BCUT2D eigenvalue weighted by molar-refractivity contribution is -0.137. The van der Waals surface area contributed by atoms with Crippen LogP contribution >= 0.6 is 0 Å². The first-order valence-corrected chi connectivity index (χ1v) is 12.4. The Bertz CT molecular complexity index is 1090. The zero-order chi connectivity index (χ0) is 26.8. The number of carbonyl (C=O) groups is 4. The molecule has 198 valence electrons. The summed E-state index contributed by atoms with van der Waals surface area (Å²) in [6.45, 7) is 4.41. The van der Waals surface area contributed by atoms with E-state index in [9.17, 15) is 19.2 Å². The van der Waals surface area contributed by atoms with Gasteiger partial charge in [0.15, 0.2) is 0 Å². The highest BCUT2D eigenvalue weighted by molar-refractivity contribution is 5.99. The average Bonchev–Trinajstić information content (AvgIpc) is 2.89. The van der Waals surface area contributed by atoms with Crippen molar-refractivity contribution in [2.45, 2.75) is 45.2 Å². The van der Waals surface area contributed by atoms with Crippen molar-refractivity contribution in [1.82, 2.24) is 30.8 Å². The van der Waals surface area contributed by atoms with Gasteiger partial charge in [0.25, 0.3) is 5.91 Å². The van der Waals surface area contributed by atoms with Crippen molar-refractivity contribution in [2.24, 2.45) is 5.92 Å². The summed E-state index contributed by atoms with van der Waals surface area (Å²) in [7, 11) is 1.64. The Morgan fingerprint density at radius 3 is 2.70 bits per heavy atom. The van der Waals surface area contributed by atoms with Gasteiger partial charge >= 0.3 is 0 Å². The molecule has 1 aliphatic heterocycles. The van der Waals surface area contributed by atoms with E-state index in [-0.39, 0.29) is 55.8 Å². The third kappa shape index (κ3) is 7.99. The number of hydrogen-bond donors (Lipinski definition) is 3. The smallest absolute Gasteiger partial charge is 0.255 e. The predicted octanol–water partition coefficient (Wildman–Crippen LogP) is 0.706. The first-order valence-electron chi connectivity index (χ1n) is 12.4. The Hall–Kier alpha value is -4.02. The molecule has 4 amide bonds. The number of aromatic nitrogens is 2. The molecule has 0 spiro atoms. The van der Waals surface area contributed by atoms with E-state index in [4.69, 9.17) is 4.74 Å². The van der Waals surface area contributed by atoms with Crippen LogP contribution in [0.1, 0.15) is 42.7 Å². The van der Waals surface area contributed by atoms with Crippen LogP contribution in [-0.4, -0.2) is 77.3 Å². The van der Waals surface area contributed by atoms with Gasteiger partial charge in [0, 0.05) is 45.0 Å². The summed E-state index contributed by atoms with van der Waals surface area (Å²) in [4.78, 5) is 61.6. The van der Waals surface area contributed by atoms with Gasteiger partial charge in [-0.2, -0.15) is 0 Å². The SMILES string of the molecule is CC(C)[C@H]1NC(=O)CC[C@@H](C(=O)NCCc2cnccn2)NC(=O)c2ccccc2OCCN(C)C1=O. The molecule has 0 saturated carbocycles. The van der Waals surface area contributed by atoms with Gasteiger partial charge in [-0.15, -0.1) is 0 Å². The second-order valence-electron chi connectivity index (χ2n) is 9.20. The van der Waals surface area contributed by atoms with Gasteiger partial charge in [-0.25, -0.2) is 0 Å². The van der Waals surface area contributed by atoms with E-state index in [1.165, 1.54) is 4.90 Å². The third-order valence-corrected chi connectivity index (χ3v) is 6.02. The topological polar surface area (TPSA) is 143 Å². The minimum Gasteiger partial charge on any atom is -0.491 e. The molecule has 0 unspecified atom stereocenters. The zero-order valence-electron chi connectivity index (χ0n) is 21.4. The summed E-state index contributed by atoms with van der Waals surface area (Å²) < 4.78 is 5.82. The number of benzene rings is 1. The van der Waals surface area contributed by atoms with Gasteiger partial charge in [-0.1, -0.05) is 26.0 Å². The van der Waals surface area contributed by atoms with Crippen LogP contribution in [0.15, 0.2) is 42.9 Å². The summed E-state index contributed by atoms with van der Waals surface area (Å²) in [5.74, 6) is -1.34. The van der Waals surface area contributed by atoms with E-state index in [0.717, 1.165) is 0 Å². The van der Waals surface area contributed by atoms with Gasteiger partial charge in [-0.05, 0) is 24.5 Å². The lowest BCUT2D eigenvalue weighted by Gasteiger charge is -2.27. The van der Waals surface area contributed by atoms with E-state index < -0.39 is 23.9 Å². The van der Waals surface area contributed by atoms with Crippen LogP contribution in [0.5, 0.6) is 5.75 Å². The number of fused-ring (bicyclic) bond motifs is 1. The maximum Gasteiger partial charge on any atom is 0.255 e. The van der Waals surface area contributed by atoms with Crippen LogP contribution in [0.25, 0.3) is 0 Å². The largest absolute Gasteiger partial charge is 0.491 e. The molecule has 2 aromatic rings. The molecule has 2 heterocycles. The van der Waals surface area contributed by atoms with Crippen molar-refractivity contribution in [3.63, 3.8) is 0 Å². The molecule has 1 aromatic carbocycles. The minimum absolute atomic E-state index is 0.0480. The first kappa shape index (κ1) is 27.6. The molecule has 0 fully saturated rings. The molecule has 37 heavy (non-hydrogen) atoms. The maximum absolute atomic E-state index is 13.1. The van der Waals surface area contributed by atoms with Gasteiger partial charge in [0.05, 0.1) is 17.8 Å². The monoisotopic (exact) mass is 510 g/mol. The number of rotatable bonds is 5. The molecular weight excluding hydrogens is 476 g/mol. The lowest BCUT2D eigenvalue weighted by Crippen LogP contribution is -2.51. The molecule has 0 bridgehead atoms. The van der Waals surface area contributed by atoms with Gasteiger partial charge < -0.3 is 25.6 Å². The van der Waals surface area contributed by atoms with Crippen molar-refractivity contribution in [3.8, 4) is 5.75 Å². The molecule has 0 aliphatic carbocycles. The molecule has 11 nitrogen and oxygen atoms in total. The summed E-state index contributed by atoms with van der Waals surface area (Å²) in [5.41, 5.74) is 0.974. The van der Waals surface area contributed by atoms with E-state index in [1.807, 2.05) is 13.8 Å². The second-order valence-corrected chi connectivity index (χ2v) is 9.20. The van der Waals surface area contributed by atoms with E-state index in [2.05, 4.69) is 25.9 Å². The average molecular weight is 511 g/mol. The minimum atomic E-state index is -0.978. The lowest BCUT2D eigenvalue weighted by atomic mass is 10.0. The van der Waals surface area contributed by atoms with Crippen molar-refractivity contribution in [1.29, 1.82) is 0 Å². The van der Waals surface area contributed by atoms with Crippen LogP contribution in [0.2, 0.25) is 0 Å². The number of likely N-dealkylation sites (N-methyl/N-ethyl adjacent to an activating group) is 1. The Morgan fingerprint density at radius 2 is 1.97 bits per heavy atom. The molecule has 3 rings (SSSR count). The Labute approximate surface area is 216 Å². The molecule has 11 heteroatoms. The van der Waals surface area contributed by atoms with E-state index >= 15 is 0 Å². The molecule has 2 atom stereocenters. The number of nitrogens with one attached hydrogen (secondary N) is 3. The summed E-state index contributed by atoms with van der Waals surface area (Å²) in [6, 6.07) is 5.00. The normalized spacial score (nSPS) is 19.6. The molecule has 1 aliphatic rings. The van der Waals surface area contributed by atoms with Gasteiger partial charge in [-0.3, -0.25) is 29.1 Å². The fraction of sp³-hybridized carbons (Fsp3) is 0.462. The van der Waals surface area contributed by atoms with Crippen molar-refractivity contribution in [3.05, 3.63) is 54.1 Å². The number of carbonyl (C=O) groups excluding carboxylic acids is 4. The van der Waals surface area contributed by atoms with Crippen molar-refractivity contribution < 1.29 is 23.9 Å². The highest BCUT2D eigenvalue weighted by Crippen LogP contribution is 2.19. The standard InChI is InChI=1S/C26H34N6O5/c1-17(2)23-26(36)32(3)14-15-37-21-7-5-4-6-19(21)24(34)30-20(8-9-22(33)31-23)25(35)29-11-10-18-16-27-12-13-28-18/h4-7,12-13,16-17,20,23H,8-11,14-15H2,1-3H3,(H,29,35)(H,30,34)(H,31,33)/t20-,23+/m0/s1. The summed E-state index contributed by atoms with van der Waals surface area (Å²) >= 11 is 0. The van der Waals surface area contributed by atoms with E-state index in [1.54, 1.807) is 49.9 Å².